The summed E-state index contributed by atoms with van der Waals surface area (Å²) in [6.45, 7) is 0.0535. The number of ether oxygens (including phenoxy) is 2. The molecule has 3 N–H and O–H groups in total. The number of nitrogens with one attached hydrogen (secondary N) is 2. The lowest BCUT2D eigenvalue weighted by Gasteiger charge is -2.25. The molecule has 23 heavy (non-hydrogen) atoms. The molecule has 2 aromatic rings. The van der Waals surface area contributed by atoms with Gasteiger partial charge < -0.3 is 14.6 Å². The van der Waals surface area contributed by atoms with Gasteiger partial charge in [0.1, 0.15) is 12.4 Å². The zero-order valence-electron chi connectivity index (χ0n) is 12.0. The van der Waals surface area contributed by atoms with Crippen LogP contribution >= 0.6 is 0 Å². The molecule has 1 aliphatic heterocycles. The minimum absolute atomic E-state index is 0.0528. The van der Waals surface area contributed by atoms with E-state index in [1.165, 1.54) is 24.3 Å². The van der Waals surface area contributed by atoms with Crippen molar-refractivity contribution >= 4 is 11.8 Å². The quantitative estimate of drug-likeness (QED) is 0.718. The minimum Gasteiger partial charge on any atom is -0.508 e. The van der Waals surface area contributed by atoms with E-state index in [2.05, 4.69) is 10.9 Å². The second kappa shape index (κ2) is 6.27. The molecule has 0 aliphatic carbocycles. The number of phenolic OH excluding ortho intramolecular Hbond substituents is 1. The molecule has 0 fully saturated rings. The highest BCUT2D eigenvalue weighted by Crippen LogP contribution is 2.30. The summed E-state index contributed by atoms with van der Waals surface area (Å²) in [6, 6.07) is 12.7. The first-order chi connectivity index (χ1) is 11.1. The molecule has 2 amide bonds. The van der Waals surface area contributed by atoms with Gasteiger partial charge in [0.2, 0.25) is 6.10 Å². The lowest BCUT2D eigenvalue weighted by Crippen LogP contribution is -2.50. The standard InChI is InChI=1S/C16H14N2O5/c19-11-7-5-10(6-8-11)15(20)17-18-16(21)14-9-22-12-3-1-2-4-13(12)23-14/h1-8,14,19H,9H2,(H,17,20)(H,18,21)/t14-/m0/s1. The summed E-state index contributed by atoms with van der Waals surface area (Å²) in [5.41, 5.74) is 4.87. The third kappa shape index (κ3) is 3.34. The Hall–Kier alpha value is -3.22. The molecule has 3 rings (SSSR count). The molecule has 7 heteroatoms. The monoisotopic (exact) mass is 314 g/mol. The molecule has 0 radical (unpaired) electrons. The zero-order chi connectivity index (χ0) is 16.2. The Kier molecular flexibility index (Phi) is 4.01. The van der Waals surface area contributed by atoms with Crippen molar-refractivity contribution in [3.8, 4) is 17.2 Å². The van der Waals surface area contributed by atoms with E-state index in [-0.39, 0.29) is 12.4 Å². The average Bonchev–Trinajstić information content (AvgIpc) is 2.59. The third-order valence-corrected chi connectivity index (χ3v) is 3.23. The van der Waals surface area contributed by atoms with Crippen molar-refractivity contribution in [1.82, 2.24) is 10.9 Å². The van der Waals surface area contributed by atoms with E-state index < -0.39 is 17.9 Å². The van der Waals surface area contributed by atoms with Gasteiger partial charge in [-0.1, -0.05) is 12.1 Å². The number of rotatable bonds is 2. The number of amides is 2. The van der Waals surface area contributed by atoms with E-state index >= 15 is 0 Å². The van der Waals surface area contributed by atoms with Crippen LogP contribution in [0.1, 0.15) is 10.4 Å². The van der Waals surface area contributed by atoms with Gasteiger partial charge in [-0.25, -0.2) is 0 Å². The van der Waals surface area contributed by atoms with Crippen molar-refractivity contribution in [3.05, 3.63) is 54.1 Å². The van der Waals surface area contributed by atoms with E-state index in [9.17, 15) is 14.7 Å². The van der Waals surface area contributed by atoms with Gasteiger partial charge >= 0.3 is 0 Å². The lowest BCUT2D eigenvalue weighted by atomic mass is 10.2. The normalized spacial score (nSPS) is 15.6. The second-order valence-corrected chi connectivity index (χ2v) is 4.85. The maximum absolute atomic E-state index is 12.0. The fraction of sp³-hybridized carbons (Fsp3) is 0.125. The molecule has 0 bridgehead atoms. The summed E-state index contributed by atoms with van der Waals surface area (Å²) in [5.74, 6) is 0.0764. The van der Waals surface area contributed by atoms with E-state index in [1.807, 2.05) is 0 Å². The van der Waals surface area contributed by atoms with E-state index in [0.29, 0.717) is 17.1 Å². The van der Waals surface area contributed by atoms with Gasteiger partial charge in [0.25, 0.3) is 11.8 Å². The molecule has 1 aliphatic rings. The van der Waals surface area contributed by atoms with Crippen LogP contribution in [0.4, 0.5) is 0 Å². The number of carbonyl (C=O) groups is 2. The highest BCUT2D eigenvalue weighted by atomic mass is 16.6. The number of benzene rings is 2. The van der Waals surface area contributed by atoms with Crippen LogP contribution in [0.3, 0.4) is 0 Å². The Morgan fingerprint density at radius 3 is 2.43 bits per heavy atom. The van der Waals surface area contributed by atoms with Crippen molar-refractivity contribution in [3.63, 3.8) is 0 Å². The predicted octanol–water partition coefficient (Wildman–Crippen LogP) is 0.993. The molecule has 118 valence electrons. The minimum atomic E-state index is -0.856. The number of fused-ring (bicyclic) bond motifs is 1. The largest absolute Gasteiger partial charge is 0.508 e. The number of carbonyl (C=O) groups excluding carboxylic acids is 2. The highest BCUT2D eigenvalue weighted by molar-refractivity contribution is 5.95. The smallest absolute Gasteiger partial charge is 0.283 e. The number of para-hydroxylation sites is 2. The number of hydrazine groups is 1. The van der Waals surface area contributed by atoms with Crippen LogP contribution in [0.15, 0.2) is 48.5 Å². The second-order valence-electron chi connectivity index (χ2n) is 4.85. The van der Waals surface area contributed by atoms with Crippen LogP contribution in [-0.4, -0.2) is 29.6 Å². The SMILES string of the molecule is O=C(NNC(=O)[C@@H]1COc2ccccc2O1)c1ccc(O)cc1. The van der Waals surface area contributed by atoms with Crippen molar-refractivity contribution in [2.75, 3.05) is 6.61 Å². The molecular formula is C16H14N2O5. The Morgan fingerprint density at radius 1 is 1.00 bits per heavy atom. The van der Waals surface area contributed by atoms with E-state index in [1.54, 1.807) is 24.3 Å². The van der Waals surface area contributed by atoms with Gasteiger partial charge in [-0.15, -0.1) is 0 Å². The lowest BCUT2D eigenvalue weighted by molar-refractivity contribution is -0.131. The molecular weight excluding hydrogens is 300 g/mol. The van der Waals surface area contributed by atoms with Crippen LogP contribution in [-0.2, 0) is 4.79 Å². The van der Waals surface area contributed by atoms with Crippen LogP contribution < -0.4 is 20.3 Å². The van der Waals surface area contributed by atoms with Crippen molar-refractivity contribution in [1.29, 1.82) is 0 Å². The molecule has 0 saturated heterocycles. The Labute approximate surface area is 131 Å². The summed E-state index contributed by atoms with van der Waals surface area (Å²) in [7, 11) is 0. The first-order valence-corrected chi connectivity index (χ1v) is 6.91. The van der Waals surface area contributed by atoms with Crippen molar-refractivity contribution in [2.24, 2.45) is 0 Å². The maximum Gasteiger partial charge on any atom is 0.283 e. The number of hydrogen-bond donors (Lipinski definition) is 3. The number of aromatic hydroxyl groups is 1. The molecule has 0 unspecified atom stereocenters. The molecule has 0 saturated carbocycles. The first kappa shape index (κ1) is 14.7. The number of phenols is 1. The van der Waals surface area contributed by atoms with Crippen molar-refractivity contribution < 1.29 is 24.2 Å². The predicted molar refractivity (Wildman–Crippen MR) is 80.1 cm³/mol. The summed E-state index contributed by atoms with van der Waals surface area (Å²) in [6.07, 6.45) is -0.856. The Bertz CT molecular complexity index is 730. The molecule has 1 atom stereocenters. The Morgan fingerprint density at radius 2 is 1.70 bits per heavy atom. The first-order valence-electron chi connectivity index (χ1n) is 6.91. The van der Waals surface area contributed by atoms with Gasteiger partial charge in [-0.2, -0.15) is 0 Å². The van der Waals surface area contributed by atoms with Crippen LogP contribution in [0.2, 0.25) is 0 Å². The topological polar surface area (TPSA) is 96.9 Å². The van der Waals surface area contributed by atoms with Crippen LogP contribution in [0.25, 0.3) is 0 Å². The number of hydrogen-bond acceptors (Lipinski definition) is 5. The third-order valence-electron chi connectivity index (χ3n) is 3.23. The van der Waals surface area contributed by atoms with Crippen molar-refractivity contribution in [2.45, 2.75) is 6.10 Å². The van der Waals surface area contributed by atoms with Crippen LogP contribution in [0, 0.1) is 0 Å². The molecule has 2 aromatic carbocycles. The van der Waals surface area contributed by atoms with Gasteiger partial charge in [0, 0.05) is 5.56 Å². The highest BCUT2D eigenvalue weighted by Gasteiger charge is 2.27. The molecule has 7 nitrogen and oxygen atoms in total. The molecule has 1 heterocycles. The van der Waals surface area contributed by atoms with E-state index in [4.69, 9.17) is 9.47 Å². The molecule has 0 aromatic heterocycles. The maximum atomic E-state index is 12.0. The summed E-state index contributed by atoms with van der Waals surface area (Å²) in [4.78, 5) is 23.9. The van der Waals surface area contributed by atoms with Gasteiger partial charge in [0.15, 0.2) is 11.5 Å². The summed E-state index contributed by atoms with van der Waals surface area (Å²) < 4.78 is 11.0. The summed E-state index contributed by atoms with van der Waals surface area (Å²) >= 11 is 0. The fourth-order valence-corrected chi connectivity index (χ4v) is 2.03. The van der Waals surface area contributed by atoms with Gasteiger partial charge in [-0.05, 0) is 36.4 Å². The average molecular weight is 314 g/mol. The van der Waals surface area contributed by atoms with E-state index in [0.717, 1.165) is 0 Å². The van der Waals surface area contributed by atoms with Gasteiger partial charge in [0.05, 0.1) is 0 Å². The molecule has 0 spiro atoms. The van der Waals surface area contributed by atoms with Gasteiger partial charge in [-0.3, -0.25) is 20.4 Å². The van der Waals surface area contributed by atoms with Crippen LogP contribution in [0.5, 0.6) is 17.2 Å². The zero-order valence-corrected chi connectivity index (χ0v) is 12.0. The summed E-state index contributed by atoms with van der Waals surface area (Å²) in [5, 5.41) is 9.18. The Balaban J connectivity index is 1.56. The fourth-order valence-electron chi connectivity index (χ4n) is 2.03.